The monoisotopic (exact) mass is 438 g/mol. The number of likely N-dealkylation sites (N-methyl/N-ethyl adjacent to an activating group) is 1. The maximum Gasteiger partial charge on any atom is 0.323 e. The molecule has 2 bridgehead atoms. The number of hydrogen-bond donors (Lipinski definition) is 2. The highest BCUT2D eigenvalue weighted by atomic mass is 16.8. The van der Waals surface area contributed by atoms with Gasteiger partial charge in [0.25, 0.3) is 0 Å². The molecule has 0 radical (unpaired) electrons. The highest BCUT2D eigenvalue weighted by Gasteiger charge is 2.59. The van der Waals surface area contributed by atoms with Crippen molar-refractivity contribution in [2.24, 2.45) is 0 Å². The summed E-state index contributed by atoms with van der Waals surface area (Å²) in [6.07, 6.45) is -0.303. The smallest absolute Gasteiger partial charge is 0.323 e. The van der Waals surface area contributed by atoms with E-state index in [-0.39, 0.29) is 30.6 Å². The maximum atomic E-state index is 12.3. The number of carbonyl (C=O) groups excluding carboxylic acids is 1. The number of rotatable bonds is 4. The van der Waals surface area contributed by atoms with Gasteiger partial charge in [0.1, 0.15) is 18.3 Å². The van der Waals surface area contributed by atoms with E-state index in [2.05, 4.69) is 27.7 Å². The van der Waals surface area contributed by atoms with Gasteiger partial charge in [-0.1, -0.05) is 29.8 Å². The molecule has 5 rings (SSSR count). The zero-order valence-electron chi connectivity index (χ0n) is 18.9. The van der Waals surface area contributed by atoms with E-state index < -0.39 is 5.79 Å². The van der Waals surface area contributed by atoms with E-state index in [4.69, 9.17) is 14.2 Å². The van der Waals surface area contributed by atoms with Crippen molar-refractivity contribution in [1.29, 1.82) is 0 Å². The van der Waals surface area contributed by atoms with Crippen LogP contribution in [0.3, 0.4) is 0 Å². The van der Waals surface area contributed by atoms with Crippen LogP contribution in [-0.4, -0.2) is 60.0 Å². The first-order valence-electron chi connectivity index (χ1n) is 11.0. The molecule has 0 aliphatic carbocycles. The van der Waals surface area contributed by atoms with Gasteiger partial charge in [0.05, 0.1) is 0 Å². The summed E-state index contributed by atoms with van der Waals surface area (Å²) in [6.45, 7) is 7.36. The predicted octanol–water partition coefficient (Wildman–Crippen LogP) is 3.55. The number of ether oxygens (including phenoxy) is 3. The second-order valence-corrected chi connectivity index (χ2v) is 9.21. The highest BCUT2D eigenvalue weighted by Crippen LogP contribution is 2.42. The second-order valence-electron chi connectivity index (χ2n) is 9.21. The summed E-state index contributed by atoms with van der Waals surface area (Å²) in [5.41, 5.74) is 3.75. The van der Waals surface area contributed by atoms with Gasteiger partial charge in [0.2, 0.25) is 0 Å². The van der Waals surface area contributed by atoms with E-state index in [1.165, 1.54) is 0 Å². The van der Waals surface area contributed by atoms with Crippen LogP contribution in [0.25, 0.3) is 0 Å². The molecule has 8 heteroatoms. The molecule has 3 fully saturated rings. The van der Waals surface area contributed by atoms with Crippen molar-refractivity contribution in [1.82, 2.24) is 10.0 Å². The molecule has 3 saturated heterocycles. The largest absolute Gasteiger partial charge is 0.352 e. The van der Waals surface area contributed by atoms with Crippen LogP contribution in [0.4, 0.5) is 16.2 Å². The Morgan fingerprint density at radius 3 is 2.25 bits per heavy atom. The summed E-state index contributed by atoms with van der Waals surface area (Å²) in [7, 11) is 2.07. The number of hydrogen-bond acceptors (Lipinski definition) is 6. The van der Waals surface area contributed by atoms with Gasteiger partial charge in [-0.15, -0.1) is 0 Å². The molecular weight excluding hydrogens is 408 g/mol. The molecule has 8 nitrogen and oxygen atoms in total. The lowest BCUT2D eigenvalue weighted by atomic mass is 10.1. The Hall–Kier alpha value is -2.49. The summed E-state index contributed by atoms with van der Waals surface area (Å²) in [5.74, 6) is -0.580. The average molecular weight is 439 g/mol. The van der Waals surface area contributed by atoms with Crippen LogP contribution in [-0.2, 0) is 20.8 Å². The average Bonchev–Trinajstić information content (AvgIpc) is 3.20. The van der Waals surface area contributed by atoms with Gasteiger partial charge in [-0.2, -0.15) is 0 Å². The Morgan fingerprint density at radius 2 is 1.59 bits per heavy atom. The van der Waals surface area contributed by atoms with Crippen LogP contribution in [0.1, 0.15) is 25.0 Å². The molecule has 2 aromatic rings. The fourth-order valence-electron chi connectivity index (χ4n) is 4.63. The van der Waals surface area contributed by atoms with Crippen molar-refractivity contribution in [3.8, 4) is 0 Å². The molecule has 3 aliphatic heterocycles. The summed E-state index contributed by atoms with van der Waals surface area (Å²) in [5, 5.41) is 10.1. The van der Waals surface area contributed by atoms with Gasteiger partial charge in [-0.25, -0.2) is 14.8 Å². The molecular formula is C24H30N4O4. The number of urea groups is 1. The third kappa shape index (κ3) is 4.24. The second kappa shape index (κ2) is 8.13. The van der Waals surface area contributed by atoms with Gasteiger partial charge in [-0.3, -0.25) is 0 Å². The van der Waals surface area contributed by atoms with Crippen LogP contribution in [0.5, 0.6) is 0 Å². The van der Waals surface area contributed by atoms with Crippen molar-refractivity contribution in [3.63, 3.8) is 0 Å². The number of aryl methyl sites for hydroxylation is 1. The molecule has 0 aromatic heterocycles. The van der Waals surface area contributed by atoms with Crippen LogP contribution in [0.2, 0.25) is 0 Å². The van der Waals surface area contributed by atoms with Gasteiger partial charge >= 0.3 is 6.03 Å². The molecule has 0 saturated carbocycles. The molecule has 0 unspecified atom stereocenters. The molecule has 2 amide bonds. The predicted molar refractivity (Wildman–Crippen MR) is 121 cm³/mol. The van der Waals surface area contributed by atoms with Gasteiger partial charge < -0.3 is 24.8 Å². The molecule has 2 aromatic carbocycles. The number of amides is 2. The third-order valence-corrected chi connectivity index (χ3v) is 6.17. The first-order chi connectivity index (χ1) is 15.3. The fraction of sp³-hybridized carbons (Fsp3) is 0.458. The number of nitrogens with zero attached hydrogens (tertiary/aromatic N) is 2. The third-order valence-electron chi connectivity index (χ3n) is 6.17. The minimum atomic E-state index is -0.580. The van der Waals surface area contributed by atoms with Gasteiger partial charge in [0, 0.05) is 31.5 Å². The van der Waals surface area contributed by atoms with Gasteiger partial charge in [-0.05, 0) is 50.6 Å². The summed E-state index contributed by atoms with van der Waals surface area (Å²) in [4.78, 5) is 12.3. The molecule has 3 aliphatic rings. The van der Waals surface area contributed by atoms with Crippen molar-refractivity contribution in [2.45, 2.75) is 57.6 Å². The molecule has 32 heavy (non-hydrogen) atoms. The SMILES string of the molecule is Cc1ccc(NC(=O)Nc2ccc(CN3[C@@H]4O[C@H](CN3C)[C@H]3OC(C)(C)O[C@H]34)cc2)cc1. The fourth-order valence-corrected chi connectivity index (χ4v) is 4.63. The first kappa shape index (κ1) is 21.4. The van der Waals surface area contributed by atoms with E-state index in [1.807, 2.05) is 69.3 Å². The van der Waals surface area contributed by atoms with Crippen molar-refractivity contribution in [3.05, 3.63) is 59.7 Å². The van der Waals surface area contributed by atoms with E-state index in [0.29, 0.717) is 6.54 Å². The van der Waals surface area contributed by atoms with Crippen molar-refractivity contribution >= 4 is 17.4 Å². The Balaban J connectivity index is 1.21. The molecule has 4 atom stereocenters. The Labute approximate surface area is 188 Å². The van der Waals surface area contributed by atoms with Crippen LogP contribution in [0.15, 0.2) is 48.5 Å². The maximum absolute atomic E-state index is 12.3. The number of anilines is 2. The minimum Gasteiger partial charge on any atom is -0.352 e. The number of fused-ring (bicyclic) bond motifs is 5. The van der Waals surface area contributed by atoms with Crippen molar-refractivity contribution < 1.29 is 19.0 Å². The number of benzene rings is 2. The van der Waals surface area contributed by atoms with E-state index >= 15 is 0 Å². The molecule has 0 spiro atoms. The zero-order valence-corrected chi connectivity index (χ0v) is 18.9. The summed E-state index contributed by atoms with van der Waals surface area (Å²) < 4.78 is 18.5. The summed E-state index contributed by atoms with van der Waals surface area (Å²) >= 11 is 0. The topological polar surface area (TPSA) is 75.3 Å². The highest BCUT2D eigenvalue weighted by molar-refractivity contribution is 5.99. The zero-order chi connectivity index (χ0) is 22.5. The Bertz CT molecular complexity index is 976. The van der Waals surface area contributed by atoms with Crippen LogP contribution < -0.4 is 10.6 Å². The van der Waals surface area contributed by atoms with E-state index in [9.17, 15) is 4.79 Å². The van der Waals surface area contributed by atoms with Crippen molar-refractivity contribution in [2.75, 3.05) is 24.2 Å². The van der Waals surface area contributed by atoms with Gasteiger partial charge in [0.15, 0.2) is 12.0 Å². The Kier molecular flexibility index (Phi) is 5.43. The lowest BCUT2D eigenvalue weighted by Gasteiger charge is -2.42. The molecule has 2 N–H and O–H groups in total. The quantitative estimate of drug-likeness (QED) is 0.761. The normalized spacial score (nSPS) is 29.0. The number of nitrogens with one attached hydrogen (secondary N) is 2. The molecule has 3 heterocycles. The number of carbonyl (C=O) groups is 1. The lowest BCUT2D eigenvalue weighted by Crippen LogP contribution is -2.55. The van der Waals surface area contributed by atoms with E-state index in [0.717, 1.165) is 29.0 Å². The lowest BCUT2D eigenvalue weighted by molar-refractivity contribution is -0.267. The summed E-state index contributed by atoms with van der Waals surface area (Å²) in [6, 6.07) is 15.3. The minimum absolute atomic E-state index is 0.0200. The van der Waals surface area contributed by atoms with E-state index in [1.54, 1.807) is 0 Å². The number of hydrazine groups is 1. The first-order valence-corrected chi connectivity index (χ1v) is 11.0. The van der Waals surface area contributed by atoms with Crippen LogP contribution in [0, 0.1) is 6.92 Å². The molecule has 170 valence electrons. The Morgan fingerprint density at radius 1 is 1.00 bits per heavy atom. The van der Waals surface area contributed by atoms with Crippen LogP contribution >= 0.6 is 0 Å². The standard InChI is InChI=1S/C24H30N4O4/c1-15-5-9-17(10-6-15)25-23(29)26-18-11-7-16(8-12-18)13-28-22-21-20(31-24(2,3)32-21)19(30-22)14-27(28)4/h5-12,19-22H,13-14H2,1-4H3,(H2,25,26,29)/t19-,20-,21-,22-/m1/s1.